The Morgan fingerprint density at radius 2 is 2.26 bits per heavy atom. The smallest absolute Gasteiger partial charge is 0.181 e. The van der Waals surface area contributed by atoms with Gasteiger partial charge in [-0.15, -0.1) is 10.2 Å². The maximum atomic E-state index is 12.0. The molecule has 0 unspecified atom stereocenters. The van der Waals surface area contributed by atoms with E-state index in [0.717, 1.165) is 15.4 Å². The lowest BCUT2D eigenvalue weighted by molar-refractivity contribution is -0.119. The van der Waals surface area contributed by atoms with Gasteiger partial charge in [-0.25, -0.2) is 0 Å². The SMILES string of the molecule is O=C(Cc1nn[nH]n1)Cn1ccc2ccc(Br)cc21. The normalized spacial score (nSPS) is 11.0. The molecule has 0 spiro atoms. The van der Waals surface area contributed by atoms with Gasteiger partial charge in [-0.05, 0) is 23.6 Å². The lowest BCUT2D eigenvalue weighted by atomic mass is 10.2. The molecule has 0 saturated carbocycles. The quantitative estimate of drug-likeness (QED) is 0.794. The van der Waals surface area contributed by atoms with Crippen molar-refractivity contribution in [3.63, 3.8) is 0 Å². The molecular formula is C12H10BrN5O. The van der Waals surface area contributed by atoms with Gasteiger partial charge in [0.1, 0.15) is 0 Å². The number of halogens is 1. The number of nitrogens with one attached hydrogen (secondary N) is 1. The van der Waals surface area contributed by atoms with E-state index in [4.69, 9.17) is 0 Å². The molecule has 0 saturated heterocycles. The molecule has 19 heavy (non-hydrogen) atoms. The minimum Gasteiger partial charge on any atom is -0.340 e. The van der Waals surface area contributed by atoms with Crippen molar-refractivity contribution in [2.45, 2.75) is 13.0 Å². The van der Waals surface area contributed by atoms with Crippen LogP contribution in [0.3, 0.4) is 0 Å². The molecule has 3 aromatic rings. The van der Waals surface area contributed by atoms with E-state index in [1.165, 1.54) is 0 Å². The van der Waals surface area contributed by atoms with Gasteiger partial charge in [-0.2, -0.15) is 5.21 Å². The number of tetrazole rings is 1. The Kier molecular flexibility index (Phi) is 3.12. The predicted molar refractivity (Wildman–Crippen MR) is 72.5 cm³/mol. The Bertz CT molecular complexity index is 719. The largest absolute Gasteiger partial charge is 0.340 e. The molecule has 3 rings (SSSR count). The van der Waals surface area contributed by atoms with Crippen LogP contribution in [-0.4, -0.2) is 31.0 Å². The van der Waals surface area contributed by atoms with E-state index in [-0.39, 0.29) is 12.2 Å². The molecule has 1 aromatic carbocycles. The molecule has 7 heteroatoms. The fourth-order valence-electron chi connectivity index (χ4n) is 1.97. The lowest BCUT2D eigenvalue weighted by Gasteiger charge is -2.03. The molecule has 0 amide bonds. The van der Waals surface area contributed by atoms with Crippen LogP contribution in [-0.2, 0) is 17.8 Å². The molecule has 0 bridgehead atoms. The number of Topliss-reactive ketones (excluding diaryl/α,β-unsaturated/α-hetero) is 1. The Morgan fingerprint density at radius 1 is 1.37 bits per heavy atom. The van der Waals surface area contributed by atoms with Gasteiger partial charge >= 0.3 is 0 Å². The molecule has 0 radical (unpaired) electrons. The molecule has 0 fully saturated rings. The summed E-state index contributed by atoms with van der Waals surface area (Å²) in [6.07, 6.45) is 2.09. The van der Waals surface area contributed by atoms with Crippen molar-refractivity contribution in [1.29, 1.82) is 0 Å². The fraction of sp³-hybridized carbons (Fsp3) is 0.167. The summed E-state index contributed by atoms with van der Waals surface area (Å²) >= 11 is 3.44. The number of aromatic nitrogens is 5. The van der Waals surface area contributed by atoms with Gasteiger partial charge in [0.2, 0.25) is 0 Å². The van der Waals surface area contributed by atoms with E-state index in [9.17, 15) is 4.79 Å². The second kappa shape index (κ2) is 4.93. The summed E-state index contributed by atoms with van der Waals surface area (Å²) in [5, 5.41) is 14.4. The number of fused-ring (bicyclic) bond motifs is 1. The number of carbonyl (C=O) groups is 1. The Balaban J connectivity index is 1.81. The molecule has 2 aromatic heterocycles. The zero-order valence-corrected chi connectivity index (χ0v) is 11.5. The summed E-state index contributed by atoms with van der Waals surface area (Å²) < 4.78 is 2.91. The number of H-pyrrole nitrogens is 1. The summed E-state index contributed by atoms with van der Waals surface area (Å²) in [4.78, 5) is 12.0. The number of aromatic amines is 1. The number of benzene rings is 1. The van der Waals surface area contributed by atoms with E-state index in [1.54, 1.807) is 0 Å². The molecule has 0 aliphatic carbocycles. The van der Waals surface area contributed by atoms with Crippen molar-refractivity contribution in [3.05, 3.63) is 40.8 Å². The van der Waals surface area contributed by atoms with Gasteiger partial charge in [0.25, 0.3) is 0 Å². The van der Waals surface area contributed by atoms with Gasteiger partial charge in [0.05, 0.1) is 13.0 Å². The first-order chi connectivity index (χ1) is 9.22. The van der Waals surface area contributed by atoms with Crippen LogP contribution in [0.5, 0.6) is 0 Å². The molecule has 1 N–H and O–H groups in total. The maximum Gasteiger partial charge on any atom is 0.181 e. The highest BCUT2D eigenvalue weighted by atomic mass is 79.9. The van der Waals surface area contributed by atoms with Crippen LogP contribution in [0.1, 0.15) is 5.82 Å². The number of nitrogens with zero attached hydrogens (tertiary/aromatic N) is 4. The number of hydrogen-bond acceptors (Lipinski definition) is 4. The van der Waals surface area contributed by atoms with Crippen LogP contribution in [0.15, 0.2) is 34.9 Å². The molecule has 2 heterocycles. The summed E-state index contributed by atoms with van der Waals surface area (Å²) in [7, 11) is 0. The lowest BCUT2D eigenvalue weighted by Crippen LogP contribution is -2.12. The van der Waals surface area contributed by atoms with Gasteiger partial charge in [0.15, 0.2) is 11.6 Å². The van der Waals surface area contributed by atoms with Gasteiger partial charge in [-0.1, -0.05) is 27.2 Å². The fourth-order valence-corrected chi connectivity index (χ4v) is 2.32. The summed E-state index contributed by atoms with van der Waals surface area (Å²) in [6, 6.07) is 7.98. The standard InChI is InChI=1S/C12H10BrN5O/c13-9-2-1-8-3-4-18(11(8)5-9)7-10(19)6-12-14-16-17-15-12/h1-5H,6-7H2,(H,14,15,16,17). The first-order valence-electron chi connectivity index (χ1n) is 5.71. The van der Waals surface area contributed by atoms with E-state index in [2.05, 4.69) is 36.6 Å². The van der Waals surface area contributed by atoms with Crippen LogP contribution >= 0.6 is 15.9 Å². The van der Waals surface area contributed by atoms with Crippen LogP contribution in [0.2, 0.25) is 0 Å². The van der Waals surface area contributed by atoms with Crippen molar-refractivity contribution in [2.24, 2.45) is 0 Å². The van der Waals surface area contributed by atoms with E-state index >= 15 is 0 Å². The predicted octanol–water partition coefficient (Wildman–Crippen LogP) is 1.73. The van der Waals surface area contributed by atoms with Gasteiger partial charge in [0, 0.05) is 16.2 Å². The highest BCUT2D eigenvalue weighted by molar-refractivity contribution is 9.10. The molecule has 0 atom stereocenters. The molecule has 6 nitrogen and oxygen atoms in total. The summed E-state index contributed by atoms with van der Waals surface area (Å²) in [6.45, 7) is 0.300. The van der Waals surface area contributed by atoms with Gasteiger partial charge < -0.3 is 4.57 Å². The maximum absolute atomic E-state index is 12.0. The van der Waals surface area contributed by atoms with Crippen LogP contribution < -0.4 is 0 Å². The first kappa shape index (κ1) is 12.0. The number of ketones is 1. The van der Waals surface area contributed by atoms with Crippen molar-refractivity contribution >= 4 is 32.6 Å². The number of rotatable bonds is 4. The third-order valence-corrected chi connectivity index (χ3v) is 3.32. The highest BCUT2D eigenvalue weighted by Crippen LogP contribution is 2.20. The van der Waals surface area contributed by atoms with Crippen LogP contribution in [0, 0.1) is 0 Å². The number of hydrogen-bond donors (Lipinski definition) is 1. The minimum absolute atomic E-state index is 0.0406. The first-order valence-corrected chi connectivity index (χ1v) is 6.50. The van der Waals surface area contributed by atoms with Crippen molar-refractivity contribution in [2.75, 3.05) is 0 Å². The molecule has 96 valence electrons. The Morgan fingerprint density at radius 3 is 3.05 bits per heavy atom. The van der Waals surface area contributed by atoms with E-state index < -0.39 is 0 Å². The van der Waals surface area contributed by atoms with Crippen molar-refractivity contribution in [1.82, 2.24) is 25.2 Å². The van der Waals surface area contributed by atoms with Crippen molar-refractivity contribution in [3.8, 4) is 0 Å². The second-order valence-corrected chi connectivity index (χ2v) is 5.11. The van der Waals surface area contributed by atoms with Crippen LogP contribution in [0.4, 0.5) is 0 Å². The molecule has 0 aliphatic rings. The third kappa shape index (κ3) is 2.55. The minimum atomic E-state index is 0.0406. The third-order valence-electron chi connectivity index (χ3n) is 2.83. The second-order valence-electron chi connectivity index (χ2n) is 4.19. The van der Waals surface area contributed by atoms with E-state index in [0.29, 0.717) is 12.4 Å². The topological polar surface area (TPSA) is 76.5 Å². The molecular weight excluding hydrogens is 310 g/mol. The van der Waals surface area contributed by atoms with Crippen LogP contribution in [0.25, 0.3) is 10.9 Å². The summed E-state index contributed by atoms with van der Waals surface area (Å²) in [5.74, 6) is 0.460. The highest BCUT2D eigenvalue weighted by Gasteiger charge is 2.10. The molecule has 0 aliphatic heterocycles. The summed E-state index contributed by atoms with van der Waals surface area (Å²) in [5.41, 5.74) is 1.02. The Labute approximate surface area is 116 Å². The average molecular weight is 320 g/mol. The average Bonchev–Trinajstić information content (AvgIpc) is 3.00. The van der Waals surface area contributed by atoms with E-state index in [1.807, 2.05) is 35.0 Å². The van der Waals surface area contributed by atoms with Gasteiger partial charge in [-0.3, -0.25) is 4.79 Å². The zero-order valence-electron chi connectivity index (χ0n) is 9.88. The monoisotopic (exact) mass is 319 g/mol. The number of carbonyl (C=O) groups excluding carboxylic acids is 1. The Hall–Kier alpha value is -2.02. The van der Waals surface area contributed by atoms with Crippen molar-refractivity contribution < 1.29 is 4.79 Å². The zero-order chi connectivity index (χ0) is 13.2.